The normalized spacial score (nSPS) is 25.5. The molecule has 1 aromatic rings. The van der Waals surface area contributed by atoms with Crippen molar-refractivity contribution in [1.29, 1.82) is 0 Å². The summed E-state index contributed by atoms with van der Waals surface area (Å²) >= 11 is 0. The van der Waals surface area contributed by atoms with Gasteiger partial charge in [0.25, 0.3) is 0 Å². The second-order valence-electron chi connectivity index (χ2n) is 7.82. The van der Waals surface area contributed by atoms with E-state index in [0.29, 0.717) is 18.6 Å². The van der Waals surface area contributed by atoms with Crippen LogP contribution in [-0.2, 0) is 4.79 Å². The minimum absolute atomic E-state index is 0.0315. The van der Waals surface area contributed by atoms with E-state index in [1.807, 2.05) is 0 Å². The number of benzene rings is 1. The molecule has 30 heavy (non-hydrogen) atoms. The number of carboxylic acids is 1. The third-order valence-electron chi connectivity index (χ3n) is 5.05. The Morgan fingerprint density at radius 2 is 2.10 bits per heavy atom. The van der Waals surface area contributed by atoms with E-state index in [9.17, 15) is 24.5 Å². The summed E-state index contributed by atoms with van der Waals surface area (Å²) in [6.07, 6.45) is 6.22. The molecular weight excluding hydrogens is 391 g/mol. The Hall–Kier alpha value is -2.44. The molecule has 1 unspecified atom stereocenters. The highest BCUT2D eigenvalue weighted by Crippen LogP contribution is 2.36. The van der Waals surface area contributed by atoms with E-state index in [2.05, 4.69) is 5.73 Å². The fourth-order valence-electron chi connectivity index (χ4n) is 3.43. The number of ether oxygens (including phenoxy) is 1. The summed E-state index contributed by atoms with van der Waals surface area (Å²) in [5.41, 5.74) is 1.56. The molecule has 1 fully saturated rings. The third-order valence-corrected chi connectivity index (χ3v) is 5.05. The Bertz CT molecular complexity index is 797. The van der Waals surface area contributed by atoms with Gasteiger partial charge in [0.1, 0.15) is 23.8 Å². The molecule has 0 saturated heterocycles. The predicted octanol–water partition coefficient (Wildman–Crippen LogP) is 2.84. The number of hydrogen-bond donors (Lipinski definition) is 4. The molecule has 0 amide bonds. The Morgan fingerprint density at radius 3 is 2.80 bits per heavy atom. The maximum atomic E-state index is 13.2. The molecule has 0 radical (unpaired) electrons. The van der Waals surface area contributed by atoms with Crippen LogP contribution in [0.25, 0.3) is 0 Å². The minimum atomic E-state index is -1.35. The van der Waals surface area contributed by atoms with Gasteiger partial charge in [-0.2, -0.15) is 0 Å². The van der Waals surface area contributed by atoms with Crippen molar-refractivity contribution in [2.75, 3.05) is 6.61 Å². The monoisotopic (exact) mass is 420 g/mol. The fourth-order valence-corrected chi connectivity index (χ4v) is 3.43. The predicted molar refractivity (Wildman–Crippen MR) is 109 cm³/mol. The molecule has 5 atom stereocenters. The van der Waals surface area contributed by atoms with Gasteiger partial charge in [0.05, 0.1) is 12.2 Å². The summed E-state index contributed by atoms with van der Waals surface area (Å²) in [6, 6.07) is 5.63. The molecule has 0 aromatic heterocycles. The Morgan fingerprint density at radius 1 is 1.33 bits per heavy atom. The number of rotatable bonds is 10. The number of aliphatic hydroxyl groups is 3. The average Bonchev–Trinajstić information content (AvgIpc) is 2.94. The molecule has 1 saturated carbocycles. The van der Waals surface area contributed by atoms with Crippen LogP contribution < -0.4 is 4.74 Å². The molecule has 1 aromatic carbocycles. The summed E-state index contributed by atoms with van der Waals surface area (Å²) in [5, 5.41) is 39.7. The molecular formula is C23H29FO6. The SMILES string of the molecule is CC(O)(C=C[C@@H]1[C@@H](CC=C=CCCC(=O)O)[C@@H](O)C[C@H]1O)COc1cccc(F)c1. The topological polar surface area (TPSA) is 107 Å². The molecule has 1 aliphatic rings. The van der Waals surface area contributed by atoms with Crippen LogP contribution in [0.15, 0.2) is 54.3 Å². The molecule has 2 rings (SSSR count). The highest BCUT2D eigenvalue weighted by Gasteiger charge is 2.39. The summed E-state index contributed by atoms with van der Waals surface area (Å²) < 4.78 is 18.7. The van der Waals surface area contributed by atoms with Crippen molar-refractivity contribution >= 4 is 5.97 Å². The smallest absolute Gasteiger partial charge is 0.303 e. The Balaban J connectivity index is 1.95. The van der Waals surface area contributed by atoms with Gasteiger partial charge in [-0.05, 0) is 50.0 Å². The molecule has 0 spiro atoms. The maximum absolute atomic E-state index is 13.2. The lowest BCUT2D eigenvalue weighted by Gasteiger charge is -2.23. The summed E-state index contributed by atoms with van der Waals surface area (Å²) in [4.78, 5) is 10.5. The zero-order chi connectivity index (χ0) is 22.1. The molecule has 1 aliphatic carbocycles. The molecule has 6 nitrogen and oxygen atoms in total. The van der Waals surface area contributed by atoms with Gasteiger partial charge in [-0.15, -0.1) is 5.73 Å². The van der Waals surface area contributed by atoms with Crippen LogP contribution in [0.2, 0.25) is 0 Å². The van der Waals surface area contributed by atoms with Crippen LogP contribution >= 0.6 is 0 Å². The van der Waals surface area contributed by atoms with Gasteiger partial charge in [-0.25, -0.2) is 4.39 Å². The van der Waals surface area contributed by atoms with Crippen molar-refractivity contribution in [1.82, 2.24) is 0 Å². The lowest BCUT2D eigenvalue weighted by molar-refractivity contribution is -0.136. The van der Waals surface area contributed by atoms with Gasteiger partial charge in [0, 0.05) is 24.8 Å². The summed E-state index contributed by atoms with van der Waals surface area (Å²) in [5.74, 6) is -1.62. The van der Waals surface area contributed by atoms with Crippen molar-refractivity contribution in [2.45, 2.75) is 50.4 Å². The summed E-state index contributed by atoms with van der Waals surface area (Å²) in [7, 11) is 0. The number of allylic oxidation sites excluding steroid dienone is 1. The number of carboxylic acid groups (broad SMARTS) is 1. The second-order valence-corrected chi connectivity index (χ2v) is 7.82. The van der Waals surface area contributed by atoms with Crippen LogP contribution in [0.4, 0.5) is 4.39 Å². The van der Waals surface area contributed by atoms with Crippen LogP contribution in [0.5, 0.6) is 5.75 Å². The Kier molecular flexibility index (Phi) is 8.81. The first-order valence-corrected chi connectivity index (χ1v) is 9.95. The minimum Gasteiger partial charge on any atom is -0.490 e. The second kappa shape index (κ2) is 11.1. The molecule has 7 heteroatoms. The highest BCUT2D eigenvalue weighted by atomic mass is 19.1. The third kappa shape index (κ3) is 7.76. The lowest BCUT2D eigenvalue weighted by atomic mass is 9.89. The largest absolute Gasteiger partial charge is 0.490 e. The highest BCUT2D eigenvalue weighted by molar-refractivity contribution is 5.66. The van der Waals surface area contributed by atoms with E-state index in [4.69, 9.17) is 9.84 Å². The summed E-state index contributed by atoms with van der Waals surface area (Å²) in [6.45, 7) is 1.44. The standard InChI is InChI=1S/C23H29FO6/c1-23(29,15-30-17-8-6-7-16(24)13-17)12-11-19-18(20(25)14-21(19)26)9-4-2-3-5-10-22(27)28/h3-4,6-8,11-13,18-21,25-26,29H,5,9-10,14-15H2,1H3,(H,27,28)/t2?,18-,19-,20+,21-,23?/m1/s1. The Labute approximate surface area is 175 Å². The van der Waals surface area contributed by atoms with E-state index in [1.165, 1.54) is 24.3 Å². The number of carbonyl (C=O) groups is 1. The first-order chi connectivity index (χ1) is 14.2. The number of halogens is 1. The number of hydrogen-bond acceptors (Lipinski definition) is 5. The van der Waals surface area contributed by atoms with Crippen molar-refractivity contribution in [3.63, 3.8) is 0 Å². The first-order valence-electron chi connectivity index (χ1n) is 9.95. The lowest BCUT2D eigenvalue weighted by Crippen LogP contribution is -2.30. The number of aliphatic carboxylic acids is 1. The van der Waals surface area contributed by atoms with Gasteiger partial charge in [0.15, 0.2) is 0 Å². The molecule has 0 bridgehead atoms. The van der Waals surface area contributed by atoms with E-state index in [1.54, 1.807) is 31.2 Å². The van der Waals surface area contributed by atoms with Crippen LogP contribution in [-0.4, -0.2) is 50.8 Å². The zero-order valence-electron chi connectivity index (χ0n) is 16.9. The van der Waals surface area contributed by atoms with Gasteiger partial charge < -0.3 is 25.2 Å². The van der Waals surface area contributed by atoms with E-state index in [0.717, 1.165) is 0 Å². The molecule has 164 valence electrons. The van der Waals surface area contributed by atoms with Crippen molar-refractivity contribution in [3.8, 4) is 5.75 Å². The van der Waals surface area contributed by atoms with Gasteiger partial charge in [-0.3, -0.25) is 4.79 Å². The van der Waals surface area contributed by atoms with Crippen LogP contribution in [0.1, 0.15) is 32.6 Å². The van der Waals surface area contributed by atoms with E-state index < -0.39 is 29.6 Å². The van der Waals surface area contributed by atoms with Crippen LogP contribution in [0.3, 0.4) is 0 Å². The van der Waals surface area contributed by atoms with Gasteiger partial charge >= 0.3 is 5.97 Å². The van der Waals surface area contributed by atoms with Crippen molar-refractivity contribution < 1.29 is 34.3 Å². The van der Waals surface area contributed by atoms with Crippen molar-refractivity contribution in [3.05, 3.63) is 60.1 Å². The number of aliphatic hydroxyl groups excluding tert-OH is 2. The van der Waals surface area contributed by atoms with Gasteiger partial charge in [-0.1, -0.05) is 18.2 Å². The fraction of sp³-hybridized carbons (Fsp3) is 0.478. The van der Waals surface area contributed by atoms with Crippen LogP contribution in [0, 0.1) is 17.7 Å². The van der Waals surface area contributed by atoms with Gasteiger partial charge in [0.2, 0.25) is 0 Å². The van der Waals surface area contributed by atoms with E-state index >= 15 is 0 Å². The molecule has 4 N–H and O–H groups in total. The molecule has 0 aliphatic heterocycles. The maximum Gasteiger partial charge on any atom is 0.303 e. The first kappa shape index (κ1) is 23.8. The quantitative estimate of drug-likeness (QED) is 0.343. The molecule has 0 heterocycles. The zero-order valence-corrected chi connectivity index (χ0v) is 16.9. The van der Waals surface area contributed by atoms with Crippen molar-refractivity contribution in [2.24, 2.45) is 11.8 Å². The van der Waals surface area contributed by atoms with E-state index in [-0.39, 0.29) is 31.3 Å². The average molecular weight is 420 g/mol.